The van der Waals surface area contributed by atoms with Crippen molar-refractivity contribution in [2.75, 3.05) is 12.4 Å². The minimum Gasteiger partial charge on any atom is -0.463 e. The number of hydrogen-bond donors (Lipinski definition) is 1. The van der Waals surface area contributed by atoms with Crippen molar-refractivity contribution in [3.05, 3.63) is 11.8 Å². The zero-order valence-corrected chi connectivity index (χ0v) is 12.6. The minimum atomic E-state index is -0.496. The third kappa shape index (κ3) is 10.4. The van der Waals surface area contributed by atoms with Crippen LogP contribution >= 0.6 is 11.6 Å². The minimum absolute atomic E-state index is 0.0116. The molecule has 0 aromatic rings. The molecule has 6 heteroatoms. The third-order valence-electron chi connectivity index (χ3n) is 1.79. The van der Waals surface area contributed by atoms with Gasteiger partial charge in [0.1, 0.15) is 0 Å². The van der Waals surface area contributed by atoms with Crippen LogP contribution in [-0.2, 0) is 19.1 Å². The fraction of sp³-hybridized carbons (Fsp3) is 0.692. The standard InChI is InChI=1S/C13H22ClNO4/c1-9(2)18-12(16)7-11(15-6-5-14)8-13(17)19-10(3)4/h7,9-10,15H,5-6,8H2,1-4H3. The molecule has 0 heterocycles. The number of carbonyl (C=O) groups is 2. The van der Waals surface area contributed by atoms with Crippen molar-refractivity contribution in [1.29, 1.82) is 0 Å². The van der Waals surface area contributed by atoms with Gasteiger partial charge in [0.05, 0.1) is 18.6 Å². The van der Waals surface area contributed by atoms with E-state index in [9.17, 15) is 9.59 Å². The van der Waals surface area contributed by atoms with Gasteiger partial charge < -0.3 is 14.8 Å². The van der Waals surface area contributed by atoms with Crippen LogP contribution in [0.3, 0.4) is 0 Å². The molecule has 0 aromatic heterocycles. The van der Waals surface area contributed by atoms with Crippen LogP contribution in [0, 0.1) is 0 Å². The zero-order valence-electron chi connectivity index (χ0n) is 11.9. The van der Waals surface area contributed by atoms with E-state index < -0.39 is 11.9 Å². The molecule has 0 aliphatic rings. The summed E-state index contributed by atoms with van der Waals surface area (Å²) in [5.74, 6) is -0.527. The highest BCUT2D eigenvalue weighted by Gasteiger charge is 2.11. The highest BCUT2D eigenvalue weighted by atomic mass is 35.5. The lowest BCUT2D eigenvalue weighted by molar-refractivity contribution is -0.146. The lowest BCUT2D eigenvalue weighted by atomic mass is 10.3. The van der Waals surface area contributed by atoms with Crippen LogP contribution < -0.4 is 5.32 Å². The molecule has 0 rings (SSSR count). The van der Waals surface area contributed by atoms with E-state index >= 15 is 0 Å². The first-order valence-electron chi connectivity index (χ1n) is 6.25. The predicted octanol–water partition coefficient (Wildman–Crippen LogP) is 1.99. The van der Waals surface area contributed by atoms with Crippen molar-refractivity contribution in [3.8, 4) is 0 Å². The molecule has 1 N–H and O–H groups in total. The number of nitrogens with one attached hydrogen (secondary N) is 1. The molecule has 0 bridgehead atoms. The van der Waals surface area contributed by atoms with E-state index in [1.54, 1.807) is 27.7 Å². The van der Waals surface area contributed by atoms with Crippen molar-refractivity contribution >= 4 is 23.5 Å². The SMILES string of the molecule is CC(C)OC(=O)C=C(CC(=O)OC(C)C)NCCCl. The molecule has 0 spiro atoms. The Labute approximate surface area is 119 Å². The molecule has 0 saturated carbocycles. The van der Waals surface area contributed by atoms with E-state index in [2.05, 4.69) is 5.32 Å². The highest BCUT2D eigenvalue weighted by molar-refractivity contribution is 6.18. The van der Waals surface area contributed by atoms with E-state index in [0.29, 0.717) is 18.1 Å². The van der Waals surface area contributed by atoms with Gasteiger partial charge in [-0.1, -0.05) is 0 Å². The van der Waals surface area contributed by atoms with E-state index in [1.807, 2.05) is 0 Å². The van der Waals surface area contributed by atoms with Gasteiger partial charge in [-0.15, -0.1) is 11.6 Å². The number of ether oxygens (including phenoxy) is 2. The molecule has 19 heavy (non-hydrogen) atoms. The molecular weight excluding hydrogens is 270 g/mol. The largest absolute Gasteiger partial charge is 0.463 e. The van der Waals surface area contributed by atoms with Crippen molar-refractivity contribution in [2.24, 2.45) is 0 Å². The van der Waals surface area contributed by atoms with E-state index in [-0.39, 0.29) is 18.6 Å². The fourth-order valence-corrected chi connectivity index (χ4v) is 1.34. The first-order chi connectivity index (χ1) is 8.85. The molecule has 0 atom stereocenters. The first kappa shape index (κ1) is 17.8. The third-order valence-corrected chi connectivity index (χ3v) is 1.98. The fourth-order valence-electron chi connectivity index (χ4n) is 1.24. The topological polar surface area (TPSA) is 64.6 Å². The molecule has 0 unspecified atom stereocenters. The summed E-state index contributed by atoms with van der Waals surface area (Å²) in [5.41, 5.74) is 0.442. The predicted molar refractivity (Wildman–Crippen MR) is 73.9 cm³/mol. The van der Waals surface area contributed by atoms with E-state index in [4.69, 9.17) is 21.1 Å². The number of halogens is 1. The lowest BCUT2D eigenvalue weighted by Crippen LogP contribution is -2.22. The number of alkyl halides is 1. The average Bonchev–Trinajstić information content (AvgIpc) is 2.23. The molecule has 5 nitrogen and oxygen atoms in total. The molecule has 110 valence electrons. The van der Waals surface area contributed by atoms with E-state index in [1.165, 1.54) is 6.08 Å². The van der Waals surface area contributed by atoms with Gasteiger partial charge in [0.15, 0.2) is 0 Å². The van der Waals surface area contributed by atoms with E-state index in [0.717, 1.165) is 0 Å². The summed E-state index contributed by atoms with van der Waals surface area (Å²) in [6.07, 6.45) is 0.848. The molecule has 0 aliphatic heterocycles. The van der Waals surface area contributed by atoms with Gasteiger partial charge in [-0.2, -0.15) is 0 Å². The maximum atomic E-state index is 11.5. The highest BCUT2D eigenvalue weighted by Crippen LogP contribution is 2.03. The lowest BCUT2D eigenvalue weighted by Gasteiger charge is -2.12. The van der Waals surface area contributed by atoms with Gasteiger partial charge in [0.25, 0.3) is 0 Å². The van der Waals surface area contributed by atoms with Gasteiger partial charge in [-0.05, 0) is 27.7 Å². The molecule has 0 fully saturated rings. The summed E-state index contributed by atoms with van der Waals surface area (Å²) >= 11 is 5.57. The summed E-state index contributed by atoms with van der Waals surface area (Å²) < 4.78 is 10.0. The molecule has 0 amide bonds. The summed E-state index contributed by atoms with van der Waals surface area (Å²) in [4.78, 5) is 23.0. The monoisotopic (exact) mass is 291 g/mol. The van der Waals surface area contributed by atoms with Crippen molar-refractivity contribution < 1.29 is 19.1 Å². The van der Waals surface area contributed by atoms with Crippen LogP contribution in [0.25, 0.3) is 0 Å². The molecule has 0 aliphatic carbocycles. The molecule has 0 saturated heterocycles. The van der Waals surface area contributed by atoms with Crippen molar-refractivity contribution in [3.63, 3.8) is 0 Å². The first-order valence-corrected chi connectivity index (χ1v) is 6.79. The zero-order chi connectivity index (χ0) is 14.8. The summed E-state index contributed by atoms with van der Waals surface area (Å²) in [5, 5.41) is 2.91. The smallest absolute Gasteiger partial charge is 0.332 e. The van der Waals surface area contributed by atoms with Gasteiger partial charge >= 0.3 is 11.9 Å². The van der Waals surface area contributed by atoms with Crippen LogP contribution in [0.1, 0.15) is 34.1 Å². The normalized spacial score (nSPS) is 11.6. The Morgan fingerprint density at radius 2 is 1.74 bits per heavy atom. The molecular formula is C13H22ClNO4. The second-order valence-electron chi connectivity index (χ2n) is 4.49. The van der Waals surface area contributed by atoms with Crippen molar-refractivity contribution in [2.45, 2.75) is 46.3 Å². The van der Waals surface area contributed by atoms with Gasteiger partial charge in [0.2, 0.25) is 0 Å². The van der Waals surface area contributed by atoms with Gasteiger partial charge in [-0.25, -0.2) is 4.79 Å². The summed E-state index contributed by atoms with van der Waals surface area (Å²) in [6.45, 7) is 7.49. The second-order valence-corrected chi connectivity index (χ2v) is 4.86. The second kappa shape index (κ2) is 9.67. The Kier molecular flexibility index (Phi) is 9.04. The van der Waals surface area contributed by atoms with Crippen LogP contribution in [0.15, 0.2) is 11.8 Å². The molecule has 0 aromatic carbocycles. The number of rotatable bonds is 8. The van der Waals surface area contributed by atoms with Crippen molar-refractivity contribution in [1.82, 2.24) is 5.32 Å². The Morgan fingerprint density at radius 1 is 1.16 bits per heavy atom. The average molecular weight is 292 g/mol. The van der Waals surface area contributed by atoms with Crippen LogP contribution in [0.5, 0.6) is 0 Å². The van der Waals surface area contributed by atoms with Crippen LogP contribution in [-0.4, -0.2) is 36.6 Å². The Bertz CT molecular complexity index is 327. The van der Waals surface area contributed by atoms with Crippen LogP contribution in [0.4, 0.5) is 0 Å². The molecule has 0 radical (unpaired) electrons. The Morgan fingerprint density at radius 3 is 2.21 bits per heavy atom. The Hall–Kier alpha value is -1.23. The summed E-state index contributed by atoms with van der Waals surface area (Å²) in [6, 6.07) is 0. The number of hydrogen-bond acceptors (Lipinski definition) is 5. The maximum Gasteiger partial charge on any atom is 0.332 e. The number of esters is 2. The number of carbonyl (C=O) groups excluding carboxylic acids is 2. The maximum absolute atomic E-state index is 11.5. The summed E-state index contributed by atoms with van der Waals surface area (Å²) in [7, 11) is 0. The van der Waals surface area contributed by atoms with Gasteiger partial charge in [-0.3, -0.25) is 4.79 Å². The quantitative estimate of drug-likeness (QED) is 0.421. The van der Waals surface area contributed by atoms with Crippen LogP contribution in [0.2, 0.25) is 0 Å². The van der Waals surface area contributed by atoms with Gasteiger partial charge in [0, 0.05) is 24.2 Å². The Balaban J connectivity index is 4.56.